The van der Waals surface area contributed by atoms with Crippen LogP contribution in [0.5, 0.6) is 0 Å². The van der Waals surface area contributed by atoms with Crippen LogP contribution >= 0.6 is 0 Å². The Balaban J connectivity index is 1.33. The molecule has 0 unspecified atom stereocenters. The number of rotatable bonds is 3. The van der Waals surface area contributed by atoms with Gasteiger partial charge in [0, 0.05) is 46.0 Å². The molecule has 0 bridgehead atoms. The van der Waals surface area contributed by atoms with Gasteiger partial charge in [-0.25, -0.2) is 9.37 Å². The second kappa shape index (κ2) is 8.23. The van der Waals surface area contributed by atoms with Crippen LogP contribution in [0.4, 0.5) is 10.1 Å². The standard InChI is InChI=1S/C22H24FN5O2/c1-15-3-5-16(6-4-15)13-27-7-9-28(10-8-27)22(30)21(29)25-17-11-18-19(23)14-26(2)20(18)24-12-17/h3-6,11-12,14H,7-10,13H2,1-2H3,(H,25,29). The van der Waals surface area contributed by atoms with E-state index in [4.69, 9.17) is 0 Å². The fraction of sp³-hybridized carbons (Fsp3) is 0.318. The van der Waals surface area contributed by atoms with Gasteiger partial charge < -0.3 is 14.8 Å². The summed E-state index contributed by atoms with van der Waals surface area (Å²) in [6, 6.07) is 9.89. The van der Waals surface area contributed by atoms with Crippen molar-refractivity contribution in [3.05, 3.63) is 59.7 Å². The lowest BCUT2D eigenvalue weighted by Gasteiger charge is -2.34. The number of carbonyl (C=O) groups excluding carboxylic acids is 2. The van der Waals surface area contributed by atoms with E-state index >= 15 is 0 Å². The highest BCUT2D eigenvalue weighted by Gasteiger charge is 2.26. The van der Waals surface area contributed by atoms with Crippen LogP contribution in [0.3, 0.4) is 0 Å². The number of hydrogen-bond acceptors (Lipinski definition) is 4. The first-order valence-electron chi connectivity index (χ1n) is 9.89. The summed E-state index contributed by atoms with van der Waals surface area (Å²) in [6.45, 7) is 5.27. The average molecular weight is 409 g/mol. The Kier molecular flexibility index (Phi) is 5.50. The number of aryl methyl sites for hydroxylation is 2. The molecule has 0 radical (unpaired) electrons. The van der Waals surface area contributed by atoms with E-state index in [0.29, 0.717) is 42.9 Å². The monoisotopic (exact) mass is 409 g/mol. The highest BCUT2D eigenvalue weighted by molar-refractivity contribution is 6.39. The number of fused-ring (bicyclic) bond motifs is 1. The van der Waals surface area contributed by atoms with Crippen molar-refractivity contribution in [2.75, 3.05) is 31.5 Å². The fourth-order valence-electron chi connectivity index (χ4n) is 3.67. The summed E-state index contributed by atoms with van der Waals surface area (Å²) in [7, 11) is 1.69. The first-order valence-corrected chi connectivity index (χ1v) is 9.89. The molecule has 1 aliphatic rings. The molecule has 3 aromatic rings. The lowest BCUT2D eigenvalue weighted by atomic mass is 10.1. The topological polar surface area (TPSA) is 70.5 Å². The van der Waals surface area contributed by atoms with Crippen LogP contribution in [0, 0.1) is 12.7 Å². The minimum atomic E-state index is -0.737. The summed E-state index contributed by atoms with van der Waals surface area (Å²) in [5.74, 6) is -1.75. The van der Waals surface area contributed by atoms with E-state index in [0.717, 1.165) is 6.54 Å². The average Bonchev–Trinajstić information content (AvgIpc) is 3.03. The molecule has 4 rings (SSSR count). The Morgan fingerprint density at radius 3 is 2.53 bits per heavy atom. The number of nitrogens with zero attached hydrogens (tertiary/aromatic N) is 4. The van der Waals surface area contributed by atoms with Gasteiger partial charge in [0.25, 0.3) is 0 Å². The zero-order chi connectivity index (χ0) is 21.3. The molecule has 1 aromatic carbocycles. The number of aromatic nitrogens is 2. The van der Waals surface area contributed by atoms with Crippen LogP contribution in [0.2, 0.25) is 0 Å². The lowest BCUT2D eigenvalue weighted by molar-refractivity contribution is -0.144. The number of pyridine rings is 1. The van der Waals surface area contributed by atoms with Gasteiger partial charge in [0.1, 0.15) is 11.5 Å². The van der Waals surface area contributed by atoms with Gasteiger partial charge in [0.2, 0.25) is 0 Å². The van der Waals surface area contributed by atoms with Gasteiger partial charge in [-0.3, -0.25) is 14.5 Å². The molecule has 1 aliphatic heterocycles. The van der Waals surface area contributed by atoms with Crippen LogP contribution in [0.25, 0.3) is 11.0 Å². The van der Waals surface area contributed by atoms with Crippen LogP contribution in [0.1, 0.15) is 11.1 Å². The highest BCUT2D eigenvalue weighted by atomic mass is 19.1. The van der Waals surface area contributed by atoms with Crippen LogP contribution in [-0.4, -0.2) is 57.3 Å². The minimum absolute atomic E-state index is 0.295. The van der Waals surface area contributed by atoms with Crippen molar-refractivity contribution >= 4 is 28.5 Å². The number of anilines is 1. The molecular formula is C22H24FN5O2. The number of nitrogens with one attached hydrogen (secondary N) is 1. The molecule has 1 fully saturated rings. The Labute approximate surface area is 174 Å². The third-order valence-corrected chi connectivity index (χ3v) is 5.40. The summed E-state index contributed by atoms with van der Waals surface area (Å²) in [6.07, 6.45) is 2.75. The first-order chi connectivity index (χ1) is 14.4. The summed E-state index contributed by atoms with van der Waals surface area (Å²) in [4.78, 5) is 32.9. The lowest BCUT2D eigenvalue weighted by Crippen LogP contribution is -2.51. The molecule has 1 saturated heterocycles. The summed E-state index contributed by atoms with van der Waals surface area (Å²) in [5.41, 5.74) is 3.23. The molecule has 30 heavy (non-hydrogen) atoms. The number of carbonyl (C=O) groups is 2. The van der Waals surface area contributed by atoms with E-state index in [-0.39, 0.29) is 0 Å². The molecule has 1 N–H and O–H groups in total. The first kappa shape index (κ1) is 20.0. The van der Waals surface area contributed by atoms with Gasteiger partial charge in [-0.05, 0) is 18.6 Å². The molecule has 0 saturated carbocycles. The number of amides is 2. The van der Waals surface area contributed by atoms with E-state index in [1.165, 1.54) is 29.6 Å². The molecule has 2 amide bonds. The third kappa shape index (κ3) is 4.18. The zero-order valence-electron chi connectivity index (χ0n) is 17.1. The van der Waals surface area contributed by atoms with Gasteiger partial charge in [0.15, 0.2) is 0 Å². The predicted octanol–water partition coefficient (Wildman–Crippen LogP) is 2.30. The van der Waals surface area contributed by atoms with Gasteiger partial charge in [-0.1, -0.05) is 29.8 Å². The Bertz CT molecular complexity index is 1080. The normalized spacial score (nSPS) is 14.8. The van der Waals surface area contributed by atoms with E-state index in [1.54, 1.807) is 16.5 Å². The molecule has 0 spiro atoms. The molecule has 2 aromatic heterocycles. The predicted molar refractivity (Wildman–Crippen MR) is 112 cm³/mol. The second-order valence-corrected chi connectivity index (χ2v) is 7.69. The van der Waals surface area contributed by atoms with Crippen molar-refractivity contribution in [2.45, 2.75) is 13.5 Å². The number of hydrogen-bond donors (Lipinski definition) is 1. The number of piperazine rings is 1. The summed E-state index contributed by atoms with van der Waals surface area (Å²) >= 11 is 0. The molecule has 0 aliphatic carbocycles. The highest BCUT2D eigenvalue weighted by Crippen LogP contribution is 2.21. The maximum atomic E-state index is 13.9. The smallest absolute Gasteiger partial charge is 0.313 e. The molecule has 156 valence electrons. The van der Waals surface area contributed by atoms with E-state index in [2.05, 4.69) is 46.4 Å². The van der Waals surface area contributed by atoms with Gasteiger partial charge in [0.05, 0.1) is 17.3 Å². The fourth-order valence-corrected chi connectivity index (χ4v) is 3.67. The van der Waals surface area contributed by atoms with Crippen LogP contribution < -0.4 is 5.32 Å². The van der Waals surface area contributed by atoms with E-state index < -0.39 is 17.6 Å². The largest absolute Gasteiger partial charge is 0.333 e. The van der Waals surface area contributed by atoms with Crippen molar-refractivity contribution in [1.29, 1.82) is 0 Å². The molecule has 8 heteroatoms. The molecule has 0 atom stereocenters. The third-order valence-electron chi connectivity index (χ3n) is 5.40. The van der Waals surface area contributed by atoms with Crippen LogP contribution in [0.15, 0.2) is 42.7 Å². The summed E-state index contributed by atoms with van der Waals surface area (Å²) in [5, 5.41) is 2.84. The SMILES string of the molecule is Cc1ccc(CN2CCN(C(=O)C(=O)Nc3cnc4c(c3)c(F)cn4C)CC2)cc1. The van der Waals surface area contributed by atoms with Crippen molar-refractivity contribution in [1.82, 2.24) is 19.4 Å². The van der Waals surface area contributed by atoms with Crippen molar-refractivity contribution < 1.29 is 14.0 Å². The minimum Gasteiger partial charge on any atom is -0.333 e. The number of halogens is 1. The molecule has 7 nitrogen and oxygen atoms in total. The van der Waals surface area contributed by atoms with Crippen molar-refractivity contribution in [2.24, 2.45) is 7.05 Å². The van der Waals surface area contributed by atoms with Crippen LogP contribution in [-0.2, 0) is 23.2 Å². The maximum Gasteiger partial charge on any atom is 0.313 e. The van der Waals surface area contributed by atoms with Crippen molar-refractivity contribution in [3.63, 3.8) is 0 Å². The molecular weight excluding hydrogens is 385 g/mol. The molecule has 3 heterocycles. The second-order valence-electron chi connectivity index (χ2n) is 7.69. The summed E-state index contributed by atoms with van der Waals surface area (Å²) < 4.78 is 15.5. The van der Waals surface area contributed by atoms with Gasteiger partial charge >= 0.3 is 11.8 Å². The van der Waals surface area contributed by atoms with E-state index in [1.807, 2.05) is 0 Å². The Hall–Kier alpha value is -3.26. The number of benzene rings is 1. The zero-order valence-corrected chi connectivity index (χ0v) is 17.1. The quantitative estimate of drug-likeness (QED) is 0.674. The Morgan fingerprint density at radius 2 is 1.83 bits per heavy atom. The maximum absolute atomic E-state index is 13.9. The van der Waals surface area contributed by atoms with Crippen molar-refractivity contribution in [3.8, 4) is 0 Å². The van der Waals surface area contributed by atoms with E-state index in [9.17, 15) is 14.0 Å². The van der Waals surface area contributed by atoms with Gasteiger partial charge in [-0.15, -0.1) is 0 Å². The van der Waals surface area contributed by atoms with Gasteiger partial charge in [-0.2, -0.15) is 0 Å². The Morgan fingerprint density at radius 1 is 1.13 bits per heavy atom.